The number of likely N-dealkylation sites (tertiary alicyclic amines) is 1. The van der Waals surface area contributed by atoms with Crippen LogP contribution >= 0.6 is 0 Å². The van der Waals surface area contributed by atoms with E-state index in [9.17, 15) is 4.79 Å². The lowest BCUT2D eigenvalue weighted by Crippen LogP contribution is -2.47. The van der Waals surface area contributed by atoms with Crippen LogP contribution in [0.4, 0.5) is 5.69 Å². The Bertz CT molecular complexity index is 706. The fraction of sp³-hybridized carbons (Fsp3) is 0.435. The number of hydrogen-bond acceptors (Lipinski definition) is 3. The molecule has 0 aromatic heterocycles. The van der Waals surface area contributed by atoms with Crippen molar-refractivity contribution in [3.8, 4) is 0 Å². The van der Waals surface area contributed by atoms with Crippen molar-refractivity contribution in [2.75, 3.05) is 24.5 Å². The highest BCUT2D eigenvalue weighted by Gasteiger charge is 2.28. The predicted octanol–water partition coefficient (Wildman–Crippen LogP) is 3.60. The summed E-state index contributed by atoms with van der Waals surface area (Å²) in [7, 11) is 0. The lowest BCUT2D eigenvalue weighted by Gasteiger charge is -2.38. The van der Waals surface area contributed by atoms with Crippen molar-refractivity contribution in [1.29, 1.82) is 0 Å². The molecule has 0 aliphatic carbocycles. The van der Waals surface area contributed by atoms with Crippen LogP contribution in [0.2, 0.25) is 0 Å². The first-order valence-electron chi connectivity index (χ1n) is 10.1. The van der Waals surface area contributed by atoms with Gasteiger partial charge >= 0.3 is 0 Å². The predicted molar refractivity (Wildman–Crippen MR) is 112 cm³/mol. The van der Waals surface area contributed by atoms with Crippen molar-refractivity contribution in [2.45, 2.75) is 45.2 Å². The zero-order valence-corrected chi connectivity index (χ0v) is 16.3. The summed E-state index contributed by atoms with van der Waals surface area (Å²) in [4.78, 5) is 17.1. The second kappa shape index (κ2) is 9.67. The standard InChI is InChI=1S/C23H31N3O/c1-2-23(27)26(21-6-4-3-5-7-21)22-13-16-25(17-14-22)15-12-19-8-10-20(18-24)11-9-19/h3-11,22H,2,12-18,24H2,1H3. The summed E-state index contributed by atoms with van der Waals surface area (Å²) >= 11 is 0. The molecule has 0 atom stereocenters. The lowest BCUT2D eigenvalue weighted by atomic mass is 10.0. The summed E-state index contributed by atoms with van der Waals surface area (Å²) < 4.78 is 0. The minimum absolute atomic E-state index is 0.222. The molecule has 0 bridgehead atoms. The van der Waals surface area contributed by atoms with Crippen LogP contribution < -0.4 is 10.6 Å². The molecule has 3 rings (SSSR count). The highest BCUT2D eigenvalue weighted by Crippen LogP contribution is 2.24. The van der Waals surface area contributed by atoms with Gasteiger partial charge in [-0.2, -0.15) is 0 Å². The van der Waals surface area contributed by atoms with Crippen LogP contribution in [0.5, 0.6) is 0 Å². The maximum Gasteiger partial charge on any atom is 0.226 e. The van der Waals surface area contributed by atoms with Crippen molar-refractivity contribution in [3.05, 3.63) is 65.7 Å². The molecule has 4 heteroatoms. The maximum absolute atomic E-state index is 12.6. The van der Waals surface area contributed by atoms with Gasteiger partial charge in [-0.25, -0.2) is 0 Å². The first-order chi connectivity index (χ1) is 13.2. The average molecular weight is 366 g/mol. The van der Waals surface area contributed by atoms with Crippen LogP contribution in [-0.2, 0) is 17.8 Å². The zero-order chi connectivity index (χ0) is 19.1. The smallest absolute Gasteiger partial charge is 0.226 e. The third-order valence-electron chi connectivity index (χ3n) is 5.50. The Morgan fingerprint density at radius 1 is 1.04 bits per heavy atom. The van der Waals surface area contributed by atoms with E-state index in [-0.39, 0.29) is 5.91 Å². The van der Waals surface area contributed by atoms with E-state index in [4.69, 9.17) is 5.73 Å². The zero-order valence-electron chi connectivity index (χ0n) is 16.3. The van der Waals surface area contributed by atoms with E-state index < -0.39 is 0 Å². The van der Waals surface area contributed by atoms with E-state index in [2.05, 4.69) is 29.2 Å². The monoisotopic (exact) mass is 365 g/mol. The lowest BCUT2D eigenvalue weighted by molar-refractivity contribution is -0.119. The van der Waals surface area contributed by atoms with Crippen molar-refractivity contribution >= 4 is 11.6 Å². The number of piperidine rings is 1. The van der Waals surface area contributed by atoms with Crippen molar-refractivity contribution < 1.29 is 4.79 Å². The minimum Gasteiger partial charge on any atom is -0.326 e. The number of nitrogens with two attached hydrogens (primary N) is 1. The van der Waals surface area contributed by atoms with Gasteiger partial charge in [0.05, 0.1) is 0 Å². The van der Waals surface area contributed by atoms with Gasteiger partial charge in [0, 0.05) is 44.3 Å². The van der Waals surface area contributed by atoms with E-state index in [1.807, 2.05) is 42.2 Å². The van der Waals surface area contributed by atoms with Crippen LogP contribution in [0.25, 0.3) is 0 Å². The molecule has 2 N–H and O–H groups in total. The van der Waals surface area contributed by atoms with Gasteiger partial charge in [0.25, 0.3) is 0 Å². The van der Waals surface area contributed by atoms with Crippen LogP contribution in [0.1, 0.15) is 37.3 Å². The van der Waals surface area contributed by atoms with Crippen LogP contribution in [-0.4, -0.2) is 36.5 Å². The van der Waals surface area contributed by atoms with Crippen LogP contribution in [0.15, 0.2) is 54.6 Å². The number of para-hydroxylation sites is 1. The Morgan fingerprint density at radius 3 is 2.26 bits per heavy atom. The minimum atomic E-state index is 0.222. The number of rotatable bonds is 7. The molecule has 0 radical (unpaired) electrons. The molecule has 1 aliphatic heterocycles. The van der Waals surface area contributed by atoms with Gasteiger partial charge < -0.3 is 15.5 Å². The molecular weight excluding hydrogens is 334 g/mol. The number of anilines is 1. The fourth-order valence-corrected chi connectivity index (χ4v) is 3.85. The quantitative estimate of drug-likeness (QED) is 0.816. The summed E-state index contributed by atoms with van der Waals surface area (Å²) in [6, 6.07) is 19.0. The number of hydrogen-bond donors (Lipinski definition) is 1. The summed E-state index contributed by atoms with van der Waals surface area (Å²) in [6.07, 6.45) is 3.68. The summed E-state index contributed by atoms with van der Waals surface area (Å²) in [5.41, 5.74) is 9.24. The second-order valence-corrected chi connectivity index (χ2v) is 7.30. The number of carbonyl (C=O) groups is 1. The normalized spacial score (nSPS) is 15.6. The van der Waals surface area contributed by atoms with E-state index in [1.54, 1.807) is 0 Å². The highest BCUT2D eigenvalue weighted by atomic mass is 16.2. The van der Waals surface area contributed by atoms with Gasteiger partial charge in [-0.1, -0.05) is 49.4 Å². The van der Waals surface area contributed by atoms with Crippen molar-refractivity contribution in [3.63, 3.8) is 0 Å². The number of carbonyl (C=O) groups excluding carboxylic acids is 1. The molecule has 1 aliphatic rings. The van der Waals surface area contributed by atoms with Gasteiger partial charge in [0.15, 0.2) is 0 Å². The van der Waals surface area contributed by atoms with Gasteiger partial charge in [-0.05, 0) is 42.5 Å². The molecule has 0 unspecified atom stereocenters. The van der Waals surface area contributed by atoms with Crippen LogP contribution in [0, 0.1) is 0 Å². The summed E-state index contributed by atoms with van der Waals surface area (Å²) in [5, 5.41) is 0. The SMILES string of the molecule is CCC(=O)N(c1ccccc1)C1CCN(CCc2ccc(CN)cc2)CC1. The molecule has 1 fully saturated rings. The fourth-order valence-electron chi connectivity index (χ4n) is 3.85. The molecule has 4 nitrogen and oxygen atoms in total. The molecule has 2 aromatic rings. The first-order valence-corrected chi connectivity index (χ1v) is 10.1. The van der Waals surface area contributed by atoms with E-state index >= 15 is 0 Å². The molecular formula is C23H31N3O. The molecule has 0 saturated carbocycles. The Kier molecular flexibility index (Phi) is 7.02. The average Bonchev–Trinajstić information content (AvgIpc) is 2.74. The Labute approximate surface area is 163 Å². The number of amides is 1. The maximum atomic E-state index is 12.6. The van der Waals surface area contributed by atoms with Gasteiger partial charge in [0.1, 0.15) is 0 Å². The molecule has 1 saturated heterocycles. The Morgan fingerprint density at radius 2 is 1.67 bits per heavy atom. The molecule has 27 heavy (non-hydrogen) atoms. The second-order valence-electron chi connectivity index (χ2n) is 7.30. The van der Waals surface area contributed by atoms with Crippen LogP contribution in [0.3, 0.4) is 0 Å². The first kappa shape index (κ1) is 19.6. The summed E-state index contributed by atoms with van der Waals surface area (Å²) in [6.45, 7) is 5.71. The molecule has 144 valence electrons. The number of benzene rings is 2. The van der Waals surface area contributed by atoms with Gasteiger partial charge in [-0.15, -0.1) is 0 Å². The third kappa shape index (κ3) is 5.18. The molecule has 1 heterocycles. The van der Waals surface area contributed by atoms with Gasteiger partial charge in [-0.3, -0.25) is 4.79 Å². The molecule has 1 amide bonds. The topological polar surface area (TPSA) is 49.6 Å². The summed E-state index contributed by atoms with van der Waals surface area (Å²) in [5.74, 6) is 0.222. The van der Waals surface area contributed by atoms with Crippen molar-refractivity contribution in [2.24, 2.45) is 5.73 Å². The molecule has 0 spiro atoms. The molecule has 2 aromatic carbocycles. The Balaban J connectivity index is 1.54. The number of nitrogens with zero attached hydrogens (tertiary/aromatic N) is 2. The van der Waals surface area contributed by atoms with Crippen molar-refractivity contribution in [1.82, 2.24) is 4.90 Å². The highest BCUT2D eigenvalue weighted by molar-refractivity contribution is 5.93. The largest absolute Gasteiger partial charge is 0.326 e. The van der Waals surface area contributed by atoms with E-state index in [1.165, 1.54) is 11.1 Å². The third-order valence-corrected chi connectivity index (χ3v) is 5.50. The van der Waals surface area contributed by atoms with E-state index in [0.717, 1.165) is 44.6 Å². The van der Waals surface area contributed by atoms with E-state index in [0.29, 0.717) is 19.0 Å². The van der Waals surface area contributed by atoms with Gasteiger partial charge in [0.2, 0.25) is 5.91 Å². The Hall–Kier alpha value is -2.17.